The van der Waals surface area contributed by atoms with Gasteiger partial charge in [-0.3, -0.25) is 0 Å². The van der Waals surface area contributed by atoms with Crippen molar-refractivity contribution in [2.24, 2.45) is 5.92 Å². The monoisotopic (exact) mass is 195 g/mol. The molecule has 3 nitrogen and oxygen atoms in total. The number of phenolic OH excluding ortho intramolecular Hbond substituents is 1. The third kappa shape index (κ3) is 2.55. The first kappa shape index (κ1) is 10.7. The molecule has 0 fully saturated rings. The summed E-state index contributed by atoms with van der Waals surface area (Å²) in [6.45, 7) is 5.03. The number of hydrogen-bond donors (Lipinski definition) is 2. The lowest BCUT2D eigenvalue weighted by Crippen LogP contribution is -2.08. The van der Waals surface area contributed by atoms with E-state index < -0.39 is 0 Å². The van der Waals surface area contributed by atoms with Crippen molar-refractivity contribution in [1.82, 2.24) is 0 Å². The zero-order valence-electron chi connectivity index (χ0n) is 8.87. The van der Waals surface area contributed by atoms with Crippen LogP contribution in [0.25, 0.3) is 0 Å². The average molecular weight is 195 g/mol. The van der Waals surface area contributed by atoms with E-state index in [-0.39, 0.29) is 5.75 Å². The number of benzene rings is 1. The first-order chi connectivity index (χ1) is 6.65. The predicted octanol–water partition coefficient (Wildman–Crippen LogP) is 2.47. The van der Waals surface area contributed by atoms with E-state index in [1.54, 1.807) is 19.2 Å². The van der Waals surface area contributed by atoms with Crippen molar-refractivity contribution in [3.05, 3.63) is 18.2 Å². The molecule has 2 N–H and O–H groups in total. The van der Waals surface area contributed by atoms with Crippen LogP contribution < -0.4 is 10.1 Å². The second-order valence-electron chi connectivity index (χ2n) is 3.63. The van der Waals surface area contributed by atoms with Gasteiger partial charge in [-0.1, -0.05) is 19.9 Å². The van der Waals surface area contributed by atoms with E-state index in [0.29, 0.717) is 17.4 Å². The second kappa shape index (κ2) is 4.74. The lowest BCUT2D eigenvalue weighted by molar-refractivity contribution is 0.410. The standard InChI is InChI=1S/C11H17NO2/c1-8(2)7-12-11-9(13)5-4-6-10(11)14-3/h4-6,8,12-13H,7H2,1-3H3. The van der Waals surface area contributed by atoms with Crippen LogP contribution in [0.5, 0.6) is 11.5 Å². The van der Waals surface area contributed by atoms with Crippen LogP contribution in [0.4, 0.5) is 5.69 Å². The van der Waals surface area contributed by atoms with Crippen molar-refractivity contribution in [2.75, 3.05) is 19.0 Å². The largest absolute Gasteiger partial charge is 0.506 e. The van der Waals surface area contributed by atoms with Crippen LogP contribution in [0, 0.1) is 5.92 Å². The van der Waals surface area contributed by atoms with Crippen molar-refractivity contribution >= 4 is 5.69 Å². The summed E-state index contributed by atoms with van der Waals surface area (Å²) in [5, 5.41) is 12.7. The van der Waals surface area contributed by atoms with Gasteiger partial charge in [0.2, 0.25) is 0 Å². The highest BCUT2D eigenvalue weighted by atomic mass is 16.5. The molecule has 1 aromatic rings. The van der Waals surface area contributed by atoms with Crippen LogP contribution in [0.2, 0.25) is 0 Å². The lowest BCUT2D eigenvalue weighted by Gasteiger charge is -2.13. The Morgan fingerprint density at radius 2 is 2.14 bits per heavy atom. The number of para-hydroxylation sites is 1. The van der Waals surface area contributed by atoms with Gasteiger partial charge in [0, 0.05) is 6.54 Å². The molecule has 0 aliphatic heterocycles. The molecule has 1 rings (SSSR count). The van der Waals surface area contributed by atoms with Crippen LogP contribution in [0.3, 0.4) is 0 Å². The van der Waals surface area contributed by atoms with Crippen molar-refractivity contribution in [3.8, 4) is 11.5 Å². The van der Waals surface area contributed by atoms with Crippen molar-refractivity contribution in [3.63, 3.8) is 0 Å². The summed E-state index contributed by atoms with van der Waals surface area (Å²) in [7, 11) is 1.59. The molecule has 1 aromatic carbocycles. The van der Waals surface area contributed by atoms with Crippen molar-refractivity contribution in [2.45, 2.75) is 13.8 Å². The predicted molar refractivity (Wildman–Crippen MR) is 58.0 cm³/mol. The number of aromatic hydroxyl groups is 1. The van der Waals surface area contributed by atoms with Gasteiger partial charge >= 0.3 is 0 Å². The molecule has 0 saturated heterocycles. The number of rotatable bonds is 4. The summed E-state index contributed by atoms with van der Waals surface area (Å²) < 4.78 is 5.14. The third-order valence-electron chi connectivity index (χ3n) is 1.91. The molecule has 0 atom stereocenters. The Hall–Kier alpha value is -1.38. The molecular formula is C11H17NO2. The number of phenols is 1. The number of methoxy groups -OCH3 is 1. The molecule has 0 saturated carbocycles. The third-order valence-corrected chi connectivity index (χ3v) is 1.91. The Morgan fingerprint density at radius 3 is 2.71 bits per heavy atom. The summed E-state index contributed by atoms with van der Waals surface area (Å²) in [5.41, 5.74) is 0.670. The second-order valence-corrected chi connectivity index (χ2v) is 3.63. The van der Waals surface area contributed by atoms with Gasteiger partial charge in [0.15, 0.2) is 0 Å². The maximum Gasteiger partial charge on any atom is 0.145 e. The molecule has 0 spiro atoms. The highest BCUT2D eigenvalue weighted by Crippen LogP contribution is 2.33. The molecule has 0 aliphatic carbocycles. The Morgan fingerprint density at radius 1 is 1.43 bits per heavy atom. The average Bonchev–Trinajstić information content (AvgIpc) is 2.15. The Balaban J connectivity index is 2.82. The summed E-state index contributed by atoms with van der Waals surface area (Å²) in [4.78, 5) is 0. The smallest absolute Gasteiger partial charge is 0.145 e. The van der Waals surface area contributed by atoms with E-state index in [2.05, 4.69) is 19.2 Å². The van der Waals surface area contributed by atoms with Crippen molar-refractivity contribution < 1.29 is 9.84 Å². The van der Waals surface area contributed by atoms with E-state index in [9.17, 15) is 5.11 Å². The lowest BCUT2D eigenvalue weighted by atomic mass is 10.2. The minimum Gasteiger partial charge on any atom is -0.506 e. The van der Waals surface area contributed by atoms with Gasteiger partial charge in [0.25, 0.3) is 0 Å². The maximum atomic E-state index is 9.59. The first-order valence-electron chi connectivity index (χ1n) is 4.75. The normalized spacial score (nSPS) is 10.3. The van der Waals surface area contributed by atoms with Gasteiger partial charge in [0.1, 0.15) is 17.2 Å². The SMILES string of the molecule is COc1cccc(O)c1NCC(C)C. The summed E-state index contributed by atoms with van der Waals surface area (Å²) >= 11 is 0. The van der Waals surface area contributed by atoms with Crippen LogP contribution >= 0.6 is 0 Å². The maximum absolute atomic E-state index is 9.59. The van der Waals surface area contributed by atoms with Crippen LogP contribution in [-0.2, 0) is 0 Å². The fourth-order valence-electron chi connectivity index (χ4n) is 1.17. The Labute approximate surface area is 84.7 Å². The summed E-state index contributed by atoms with van der Waals surface area (Å²) in [5.74, 6) is 1.43. The van der Waals surface area contributed by atoms with E-state index in [0.717, 1.165) is 6.54 Å². The summed E-state index contributed by atoms with van der Waals surface area (Å²) in [6.07, 6.45) is 0. The van der Waals surface area contributed by atoms with E-state index in [4.69, 9.17) is 4.74 Å². The van der Waals surface area contributed by atoms with Gasteiger partial charge in [-0.15, -0.1) is 0 Å². The minimum absolute atomic E-state index is 0.227. The molecule has 0 heterocycles. The zero-order chi connectivity index (χ0) is 10.6. The topological polar surface area (TPSA) is 41.5 Å². The van der Waals surface area contributed by atoms with Gasteiger partial charge in [0.05, 0.1) is 7.11 Å². The highest BCUT2D eigenvalue weighted by molar-refractivity contribution is 5.65. The number of anilines is 1. The molecular weight excluding hydrogens is 178 g/mol. The summed E-state index contributed by atoms with van der Waals surface area (Å²) in [6, 6.07) is 5.22. The number of nitrogens with one attached hydrogen (secondary N) is 1. The first-order valence-corrected chi connectivity index (χ1v) is 4.75. The number of hydrogen-bond acceptors (Lipinski definition) is 3. The van der Waals surface area contributed by atoms with Gasteiger partial charge < -0.3 is 15.2 Å². The van der Waals surface area contributed by atoms with Crippen LogP contribution in [0.15, 0.2) is 18.2 Å². The molecule has 0 radical (unpaired) electrons. The molecule has 0 aliphatic rings. The van der Waals surface area contributed by atoms with Crippen molar-refractivity contribution in [1.29, 1.82) is 0 Å². The van der Waals surface area contributed by atoms with E-state index in [1.807, 2.05) is 6.07 Å². The molecule has 14 heavy (non-hydrogen) atoms. The van der Waals surface area contributed by atoms with Gasteiger partial charge in [-0.2, -0.15) is 0 Å². The fraction of sp³-hybridized carbons (Fsp3) is 0.455. The highest BCUT2D eigenvalue weighted by Gasteiger charge is 2.07. The molecule has 78 valence electrons. The van der Waals surface area contributed by atoms with Crippen LogP contribution in [-0.4, -0.2) is 18.8 Å². The Bertz CT molecular complexity index is 297. The van der Waals surface area contributed by atoms with E-state index >= 15 is 0 Å². The molecule has 3 heteroatoms. The van der Waals surface area contributed by atoms with Crippen LogP contribution in [0.1, 0.15) is 13.8 Å². The molecule has 0 bridgehead atoms. The Kier molecular flexibility index (Phi) is 3.63. The molecule has 0 aromatic heterocycles. The number of ether oxygens (including phenoxy) is 1. The van der Waals surface area contributed by atoms with Gasteiger partial charge in [-0.05, 0) is 18.1 Å². The molecule has 0 amide bonds. The van der Waals surface area contributed by atoms with Gasteiger partial charge in [-0.25, -0.2) is 0 Å². The zero-order valence-corrected chi connectivity index (χ0v) is 8.87. The van der Waals surface area contributed by atoms with E-state index in [1.165, 1.54) is 0 Å². The quantitative estimate of drug-likeness (QED) is 0.725. The molecule has 0 unspecified atom stereocenters. The minimum atomic E-state index is 0.227. The fourth-order valence-corrected chi connectivity index (χ4v) is 1.17.